The minimum Gasteiger partial charge on any atom is -0.462 e. The van der Waals surface area contributed by atoms with Crippen molar-refractivity contribution in [3.63, 3.8) is 0 Å². The first-order valence-electron chi connectivity index (χ1n) is 8.14. The van der Waals surface area contributed by atoms with Gasteiger partial charge in [0.1, 0.15) is 6.10 Å². The SMILES string of the molecule is CCOC(=O)C1(F)OC([C@H](OC(C)=O)[C@@H](CO)OC(C)=O)C(N)C(N)C1F. The van der Waals surface area contributed by atoms with Crippen LogP contribution in [0, 0.1) is 0 Å². The number of halogens is 2. The van der Waals surface area contributed by atoms with Crippen LogP contribution in [0.15, 0.2) is 0 Å². The van der Waals surface area contributed by atoms with Crippen LogP contribution in [0.4, 0.5) is 8.78 Å². The molecule has 5 N–H and O–H groups in total. The van der Waals surface area contributed by atoms with E-state index in [0.29, 0.717) is 0 Å². The maximum Gasteiger partial charge on any atom is 0.375 e. The normalized spacial score (nSPS) is 32.9. The van der Waals surface area contributed by atoms with Gasteiger partial charge in [0.15, 0.2) is 18.4 Å². The highest BCUT2D eigenvalue weighted by molar-refractivity contribution is 5.79. The van der Waals surface area contributed by atoms with Gasteiger partial charge in [-0.25, -0.2) is 9.18 Å². The van der Waals surface area contributed by atoms with Gasteiger partial charge in [-0.2, -0.15) is 4.39 Å². The quantitative estimate of drug-likeness (QED) is 0.339. The Kier molecular flexibility index (Phi) is 8.02. The van der Waals surface area contributed by atoms with E-state index in [4.69, 9.17) is 25.7 Å². The number of aliphatic hydroxyl groups is 1. The lowest BCUT2D eigenvalue weighted by atomic mass is 9.87. The summed E-state index contributed by atoms with van der Waals surface area (Å²) in [6, 6.07) is -3.24. The molecule has 156 valence electrons. The number of aliphatic hydroxyl groups excluding tert-OH is 1. The van der Waals surface area contributed by atoms with Crippen LogP contribution in [0.2, 0.25) is 0 Å². The number of ether oxygens (including phenoxy) is 4. The maximum atomic E-state index is 15.0. The molecule has 1 heterocycles. The molecule has 1 fully saturated rings. The standard InChI is InChI=1S/C15H24F2N2O8/c1-4-24-14(23)15(17)13(16)10(19)9(18)12(27-15)11(26-7(3)22)8(5-20)25-6(2)21/h8-13,20H,4-5,18-19H2,1-3H3/t8-,9?,10?,11-,12?,13?,15?/m1/s1. The molecule has 5 unspecified atom stereocenters. The second-order valence-electron chi connectivity index (χ2n) is 5.91. The molecule has 10 nitrogen and oxygen atoms in total. The summed E-state index contributed by atoms with van der Waals surface area (Å²) in [4.78, 5) is 34.5. The van der Waals surface area contributed by atoms with Crippen molar-refractivity contribution in [3.8, 4) is 0 Å². The Morgan fingerprint density at radius 3 is 2.19 bits per heavy atom. The molecule has 0 amide bonds. The van der Waals surface area contributed by atoms with Crippen molar-refractivity contribution in [3.05, 3.63) is 0 Å². The molecule has 1 aliphatic heterocycles. The van der Waals surface area contributed by atoms with E-state index in [2.05, 4.69) is 4.74 Å². The van der Waals surface area contributed by atoms with Gasteiger partial charge in [-0.1, -0.05) is 0 Å². The Morgan fingerprint density at radius 1 is 1.19 bits per heavy atom. The maximum absolute atomic E-state index is 15.0. The molecular weight excluding hydrogens is 374 g/mol. The minimum absolute atomic E-state index is 0.271. The summed E-state index contributed by atoms with van der Waals surface area (Å²) in [5, 5.41) is 9.46. The molecule has 0 aromatic heterocycles. The Hall–Kier alpha value is -1.89. The zero-order valence-corrected chi connectivity index (χ0v) is 15.1. The largest absolute Gasteiger partial charge is 0.462 e. The van der Waals surface area contributed by atoms with Crippen LogP contribution >= 0.6 is 0 Å². The molecule has 0 saturated carbocycles. The topological polar surface area (TPSA) is 160 Å². The molecule has 0 radical (unpaired) electrons. The molecule has 0 aromatic rings. The molecule has 1 saturated heterocycles. The Morgan fingerprint density at radius 2 is 1.74 bits per heavy atom. The number of carbonyl (C=O) groups is 3. The number of esters is 3. The molecule has 12 heteroatoms. The monoisotopic (exact) mass is 398 g/mol. The van der Waals surface area contributed by atoms with E-state index in [1.807, 2.05) is 0 Å². The molecule has 1 rings (SSSR count). The van der Waals surface area contributed by atoms with E-state index in [0.717, 1.165) is 13.8 Å². The summed E-state index contributed by atoms with van der Waals surface area (Å²) < 4.78 is 48.6. The highest BCUT2D eigenvalue weighted by Crippen LogP contribution is 2.36. The summed E-state index contributed by atoms with van der Waals surface area (Å²) >= 11 is 0. The molecule has 0 aromatic carbocycles. The van der Waals surface area contributed by atoms with Gasteiger partial charge < -0.3 is 35.5 Å². The molecule has 1 aliphatic rings. The van der Waals surface area contributed by atoms with E-state index in [1.165, 1.54) is 6.92 Å². The highest BCUT2D eigenvalue weighted by Gasteiger charge is 2.62. The third-order valence-electron chi connectivity index (χ3n) is 3.87. The average molecular weight is 398 g/mol. The lowest BCUT2D eigenvalue weighted by molar-refractivity contribution is -0.279. The van der Waals surface area contributed by atoms with E-state index in [1.54, 1.807) is 0 Å². The Labute approximate surface area is 154 Å². The number of nitrogens with two attached hydrogens (primary N) is 2. The Bertz CT molecular complexity index is 566. The number of hydrogen-bond donors (Lipinski definition) is 3. The van der Waals surface area contributed by atoms with E-state index >= 15 is 4.39 Å². The zero-order valence-electron chi connectivity index (χ0n) is 15.1. The average Bonchev–Trinajstić information content (AvgIpc) is 2.59. The van der Waals surface area contributed by atoms with Gasteiger partial charge in [-0.3, -0.25) is 9.59 Å². The fourth-order valence-corrected chi connectivity index (χ4v) is 2.65. The smallest absolute Gasteiger partial charge is 0.375 e. The third-order valence-corrected chi connectivity index (χ3v) is 3.87. The second-order valence-corrected chi connectivity index (χ2v) is 5.91. The highest BCUT2D eigenvalue weighted by atomic mass is 19.2. The first-order chi connectivity index (χ1) is 12.5. The number of alkyl halides is 2. The third kappa shape index (κ3) is 5.09. The van der Waals surface area contributed by atoms with Crippen LogP contribution < -0.4 is 11.5 Å². The van der Waals surface area contributed by atoms with Crippen LogP contribution in [0.1, 0.15) is 20.8 Å². The lowest BCUT2D eigenvalue weighted by Crippen LogP contribution is -2.72. The van der Waals surface area contributed by atoms with Crippen LogP contribution in [-0.2, 0) is 33.3 Å². The summed E-state index contributed by atoms with van der Waals surface area (Å²) in [5.74, 6) is -7.09. The van der Waals surface area contributed by atoms with Crippen molar-refractivity contribution in [1.29, 1.82) is 0 Å². The van der Waals surface area contributed by atoms with Crippen molar-refractivity contribution >= 4 is 17.9 Å². The number of hydrogen-bond acceptors (Lipinski definition) is 10. The van der Waals surface area contributed by atoms with Crippen molar-refractivity contribution in [1.82, 2.24) is 0 Å². The van der Waals surface area contributed by atoms with Crippen molar-refractivity contribution in [2.45, 2.75) is 63.2 Å². The fourth-order valence-electron chi connectivity index (χ4n) is 2.65. The van der Waals surface area contributed by atoms with Crippen LogP contribution in [0.25, 0.3) is 0 Å². The van der Waals surface area contributed by atoms with Gasteiger partial charge >= 0.3 is 23.8 Å². The van der Waals surface area contributed by atoms with Crippen molar-refractivity contribution in [2.75, 3.05) is 13.2 Å². The summed E-state index contributed by atoms with van der Waals surface area (Å²) in [6.07, 6.45) is -7.62. The zero-order chi connectivity index (χ0) is 20.9. The van der Waals surface area contributed by atoms with Gasteiger partial charge in [0.2, 0.25) is 0 Å². The van der Waals surface area contributed by atoms with Crippen molar-refractivity contribution in [2.24, 2.45) is 11.5 Å². The van der Waals surface area contributed by atoms with Crippen LogP contribution in [-0.4, -0.2) is 78.7 Å². The van der Waals surface area contributed by atoms with Gasteiger partial charge in [-0.15, -0.1) is 0 Å². The first kappa shape index (κ1) is 23.1. The fraction of sp³-hybridized carbons (Fsp3) is 0.800. The van der Waals surface area contributed by atoms with E-state index in [-0.39, 0.29) is 6.61 Å². The number of carbonyl (C=O) groups excluding carboxylic acids is 3. The molecule has 7 atom stereocenters. The predicted octanol–water partition coefficient (Wildman–Crippen LogP) is -1.54. The van der Waals surface area contributed by atoms with Gasteiger partial charge in [0.25, 0.3) is 0 Å². The predicted molar refractivity (Wildman–Crippen MR) is 84.4 cm³/mol. The van der Waals surface area contributed by atoms with E-state index in [9.17, 15) is 23.9 Å². The molecule has 0 bridgehead atoms. The summed E-state index contributed by atoms with van der Waals surface area (Å²) in [7, 11) is 0. The summed E-state index contributed by atoms with van der Waals surface area (Å²) in [5.41, 5.74) is 11.4. The van der Waals surface area contributed by atoms with Crippen molar-refractivity contribution < 1.29 is 47.2 Å². The molecular formula is C15H24F2N2O8. The van der Waals surface area contributed by atoms with Gasteiger partial charge in [0.05, 0.1) is 25.3 Å². The molecule has 27 heavy (non-hydrogen) atoms. The lowest BCUT2D eigenvalue weighted by Gasteiger charge is -2.45. The Balaban J connectivity index is 3.30. The van der Waals surface area contributed by atoms with Crippen LogP contribution in [0.3, 0.4) is 0 Å². The van der Waals surface area contributed by atoms with Crippen LogP contribution in [0.5, 0.6) is 0 Å². The van der Waals surface area contributed by atoms with E-state index < -0.39 is 66.9 Å². The number of rotatable bonds is 7. The second kappa shape index (κ2) is 9.35. The molecule has 0 spiro atoms. The summed E-state index contributed by atoms with van der Waals surface area (Å²) in [6.45, 7) is 2.22. The first-order valence-corrected chi connectivity index (χ1v) is 8.14. The van der Waals surface area contributed by atoms with Gasteiger partial charge in [0, 0.05) is 13.8 Å². The van der Waals surface area contributed by atoms with Gasteiger partial charge in [-0.05, 0) is 6.92 Å². The molecule has 0 aliphatic carbocycles. The minimum atomic E-state index is -3.63.